The summed E-state index contributed by atoms with van der Waals surface area (Å²) >= 11 is 2.68. The Bertz CT molecular complexity index is 616. The van der Waals surface area contributed by atoms with E-state index in [-0.39, 0.29) is 5.69 Å². The van der Waals surface area contributed by atoms with E-state index < -0.39 is 11.8 Å². The van der Waals surface area contributed by atoms with Crippen molar-refractivity contribution in [2.45, 2.75) is 17.6 Å². The average molecular weight is 312 g/mol. The molecule has 0 fully saturated rings. The van der Waals surface area contributed by atoms with E-state index in [1.165, 1.54) is 35.2 Å². The molecule has 4 nitrogen and oxygen atoms in total. The Labute approximate surface area is 124 Å². The highest BCUT2D eigenvalue weighted by molar-refractivity contribution is 7.98. The van der Waals surface area contributed by atoms with E-state index >= 15 is 0 Å². The molecular formula is C13H13FN2O2S2. The van der Waals surface area contributed by atoms with Crippen LogP contribution in [-0.4, -0.2) is 17.6 Å². The summed E-state index contributed by atoms with van der Waals surface area (Å²) < 4.78 is 18.2. The third-order valence-electron chi connectivity index (χ3n) is 2.36. The minimum absolute atomic E-state index is 0.132. The average Bonchev–Trinajstić information content (AvgIpc) is 2.89. The number of nitrogens with zero attached hydrogens (tertiary/aromatic N) is 1. The molecule has 2 aromatic rings. The molecule has 0 saturated carbocycles. The number of nitrogens with two attached hydrogens (primary N) is 1. The number of hydrogen-bond acceptors (Lipinski definition) is 6. The SMILES string of the molecule is CCOC(=O)c1nc(CSc2ccc(N)c(F)c2)cs1. The van der Waals surface area contributed by atoms with Crippen LogP contribution in [0.2, 0.25) is 0 Å². The molecule has 0 unspecified atom stereocenters. The van der Waals surface area contributed by atoms with Crippen LogP contribution < -0.4 is 5.73 Å². The maximum atomic E-state index is 13.3. The van der Waals surface area contributed by atoms with E-state index in [0.29, 0.717) is 17.4 Å². The van der Waals surface area contributed by atoms with Gasteiger partial charge in [0.15, 0.2) is 0 Å². The Balaban J connectivity index is 1.97. The second-order valence-corrected chi connectivity index (χ2v) is 5.74. The van der Waals surface area contributed by atoms with Crippen LogP contribution in [0.3, 0.4) is 0 Å². The first-order chi connectivity index (χ1) is 9.60. The number of esters is 1. The summed E-state index contributed by atoms with van der Waals surface area (Å²) in [7, 11) is 0. The van der Waals surface area contributed by atoms with Crippen molar-refractivity contribution in [3.8, 4) is 0 Å². The van der Waals surface area contributed by atoms with Gasteiger partial charge in [-0.2, -0.15) is 0 Å². The third kappa shape index (κ3) is 3.71. The Morgan fingerprint density at radius 3 is 3.05 bits per heavy atom. The third-order valence-corrected chi connectivity index (χ3v) is 4.26. The van der Waals surface area contributed by atoms with E-state index in [0.717, 1.165) is 10.6 Å². The van der Waals surface area contributed by atoms with Gasteiger partial charge in [-0.3, -0.25) is 0 Å². The molecule has 0 amide bonds. The summed E-state index contributed by atoms with van der Waals surface area (Å²) in [5.41, 5.74) is 6.31. The number of carbonyl (C=O) groups excluding carboxylic acids is 1. The van der Waals surface area contributed by atoms with Crippen molar-refractivity contribution in [1.82, 2.24) is 4.98 Å². The Morgan fingerprint density at radius 1 is 1.55 bits per heavy atom. The second kappa shape index (κ2) is 6.71. The molecule has 0 spiro atoms. The van der Waals surface area contributed by atoms with Crippen LogP contribution in [0.4, 0.5) is 10.1 Å². The molecule has 0 radical (unpaired) electrons. The van der Waals surface area contributed by atoms with Crippen LogP contribution in [0.15, 0.2) is 28.5 Å². The lowest BCUT2D eigenvalue weighted by Crippen LogP contribution is -2.03. The lowest BCUT2D eigenvalue weighted by atomic mass is 10.3. The lowest BCUT2D eigenvalue weighted by molar-refractivity contribution is 0.0525. The maximum Gasteiger partial charge on any atom is 0.367 e. The van der Waals surface area contributed by atoms with E-state index in [9.17, 15) is 9.18 Å². The van der Waals surface area contributed by atoms with E-state index in [1.807, 2.05) is 0 Å². The van der Waals surface area contributed by atoms with Gasteiger partial charge >= 0.3 is 5.97 Å². The lowest BCUT2D eigenvalue weighted by Gasteiger charge is -2.01. The fourth-order valence-electron chi connectivity index (χ4n) is 1.41. The highest BCUT2D eigenvalue weighted by atomic mass is 32.2. The number of benzene rings is 1. The van der Waals surface area contributed by atoms with Gasteiger partial charge in [0.2, 0.25) is 5.01 Å². The second-order valence-electron chi connectivity index (χ2n) is 3.84. The number of anilines is 1. The largest absolute Gasteiger partial charge is 0.461 e. The molecule has 20 heavy (non-hydrogen) atoms. The van der Waals surface area contributed by atoms with Crippen LogP contribution in [-0.2, 0) is 10.5 Å². The number of aromatic nitrogens is 1. The zero-order valence-corrected chi connectivity index (χ0v) is 12.4. The minimum Gasteiger partial charge on any atom is -0.461 e. The molecular weight excluding hydrogens is 299 g/mol. The topological polar surface area (TPSA) is 65.2 Å². The van der Waals surface area contributed by atoms with Crippen LogP contribution >= 0.6 is 23.1 Å². The van der Waals surface area contributed by atoms with Crippen LogP contribution in [0, 0.1) is 5.82 Å². The number of ether oxygens (including phenoxy) is 1. The van der Waals surface area contributed by atoms with E-state index in [4.69, 9.17) is 10.5 Å². The highest BCUT2D eigenvalue weighted by Gasteiger charge is 2.12. The quantitative estimate of drug-likeness (QED) is 0.521. The van der Waals surface area contributed by atoms with Crippen molar-refractivity contribution < 1.29 is 13.9 Å². The smallest absolute Gasteiger partial charge is 0.367 e. The van der Waals surface area contributed by atoms with Gasteiger partial charge in [-0.15, -0.1) is 23.1 Å². The van der Waals surface area contributed by atoms with Crippen molar-refractivity contribution in [2.75, 3.05) is 12.3 Å². The summed E-state index contributed by atoms with van der Waals surface area (Å²) in [4.78, 5) is 16.4. The molecule has 2 N–H and O–H groups in total. The summed E-state index contributed by atoms with van der Waals surface area (Å²) in [5.74, 6) is -0.285. The van der Waals surface area contributed by atoms with Gasteiger partial charge in [0, 0.05) is 16.0 Å². The van der Waals surface area contributed by atoms with Crippen molar-refractivity contribution >= 4 is 34.8 Å². The molecule has 106 valence electrons. The number of thiazole rings is 1. The van der Waals surface area contributed by atoms with Crippen molar-refractivity contribution in [2.24, 2.45) is 0 Å². The first-order valence-electron chi connectivity index (χ1n) is 5.89. The molecule has 2 rings (SSSR count). The number of halogens is 1. The minimum atomic E-state index is -0.430. The van der Waals surface area contributed by atoms with Crippen LogP contribution in [0.25, 0.3) is 0 Å². The molecule has 0 saturated heterocycles. The zero-order chi connectivity index (χ0) is 14.5. The van der Waals surface area contributed by atoms with Crippen LogP contribution in [0.1, 0.15) is 22.4 Å². The van der Waals surface area contributed by atoms with Gasteiger partial charge in [0.05, 0.1) is 18.0 Å². The van der Waals surface area contributed by atoms with Gasteiger partial charge < -0.3 is 10.5 Å². The molecule has 1 aromatic heterocycles. The molecule has 0 bridgehead atoms. The van der Waals surface area contributed by atoms with Crippen molar-refractivity contribution in [1.29, 1.82) is 0 Å². The van der Waals surface area contributed by atoms with Gasteiger partial charge in [-0.05, 0) is 25.1 Å². The van der Waals surface area contributed by atoms with Gasteiger partial charge in [0.1, 0.15) is 5.82 Å². The summed E-state index contributed by atoms with van der Waals surface area (Å²) in [5, 5.41) is 2.14. The number of thioether (sulfide) groups is 1. The Hall–Kier alpha value is -1.60. The molecule has 7 heteroatoms. The standard InChI is InChI=1S/C13H13FN2O2S2/c1-2-18-13(17)12-16-8(7-20-12)6-19-9-3-4-11(15)10(14)5-9/h3-5,7H,2,6,15H2,1H3. The number of hydrogen-bond donors (Lipinski definition) is 1. The zero-order valence-electron chi connectivity index (χ0n) is 10.8. The first-order valence-corrected chi connectivity index (χ1v) is 7.76. The molecule has 0 atom stereocenters. The Morgan fingerprint density at radius 2 is 2.35 bits per heavy atom. The molecule has 0 aliphatic heterocycles. The molecule has 1 aromatic carbocycles. The predicted octanol–water partition coefficient (Wildman–Crippen LogP) is 3.33. The first kappa shape index (κ1) is 14.8. The highest BCUT2D eigenvalue weighted by Crippen LogP contribution is 2.26. The Kier molecular flexibility index (Phi) is 4.97. The monoisotopic (exact) mass is 312 g/mol. The number of carbonyl (C=O) groups is 1. The van der Waals surface area contributed by atoms with Crippen molar-refractivity contribution in [3.63, 3.8) is 0 Å². The predicted molar refractivity (Wildman–Crippen MR) is 78.4 cm³/mol. The number of nitrogen functional groups attached to an aromatic ring is 1. The fraction of sp³-hybridized carbons (Fsp3) is 0.231. The number of rotatable bonds is 5. The summed E-state index contributed by atoms with van der Waals surface area (Å²) in [6.07, 6.45) is 0. The van der Waals surface area contributed by atoms with Gasteiger partial charge in [-0.1, -0.05) is 0 Å². The van der Waals surface area contributed by atoms with Gasteiger partial charge in [0.25, 0.3) is 0 Å². The van der Waals surface area contributed by atoms with E-state index in [1.54, 1.807) is 18.4 Å². The fourth-order valence-corrected chi connectivity index (χ4v) is 3.04. The van der Waals surface area contributed by atoms with Gasteiger partial charge in [-0.25, -0.2) is 14.2 Å². The molecule has 1 heterocycles. The molecule has 0 aliphatic rings. The van der Waals surface area contributed by atoms with Crippen molar-refractivity contribution in [3.05, 3.63) is 40.1 Å². The summed E-state index contributed by atoms with van der Waals surface area (Å²) in [6, 6.07) is 4.67. The maximum absolute atomic E-state index is 13.3. The van der Waals surface area contributed by atoms with E-state index in [2.05, 4.69) is 4.98 Å². The summed E-state index contributed by atoms with van der Waals surface area (Å²) in [6.45, 7) is 2.07. The molecule has 0 aliphatic carbocycles. The van der Waals surface area contributed by atoms with Crippen LogP contribution in [0.5, 0.6) is 0 Å². The normalized spacial score (nSPS) is 10.5.